The lowest BCUT2D eigenvalue weighted by Crippen LogP contribution is -2.16. The monoisotopic (exact) mass is 352 g/mol. The molecule has 0 radical (unpaired) electrons. The molecule has 2 rings (SSSR count). The van der Waals surface area contributed by atoms with Crippen LogP contribution < -0.4 is 4.74 Å². The summed E-state index contributed by atoms with van der Waals surface area (Å²) in [6, 6.07) is 7.09. The van der Waals surface area contributed by atoms with E-state index < -0.39 is 29.3 Å². The fraction of sp³-hybridized carbons (Fsp3) is 0.158. The van der Waals surface area contributed by atoms with Gasteiger partial charge in [-0.1, -0.05) is 17.9 Å². The molecule has 0 aromatic heterocycles. The van der Waals surface area contributed by atoms with E-state index in [0.29, 0.717) is 24.0 Å². The van der Waals surface area contributed by atoms with Gasteiger partial charge in [-0.25, -0.2) is 8.78 Å². The Balaban J connectivity index is 2.19. The van der Waals surface area contributed by atoms with E-state index in [1.807, 2.05) is 0 Å². The Morgan fingerprint density at radius 2 is 1.60 bits per heavy atom. The highest BCUT2D eigenvalue weighted by Crippen LogP contribution is 2.22. The molecule has 6 heteroatoms. The third-order valence-electron chi connectivity index (χ3n) is 3.16. The standard InChI is InChI=1S/C19H13F5O/c1-2-3-4-14-11-17(20)16(18(21)12-14)10-7-13-5-8-15(9-6-13)25-19(22,23)24/h2,5-6,8-9,11-12H,1,3-4H2. The molecule has 0 atom stereocenters. The number of ether oxygens (including phenoxy) is 1. The van der Waals surface area contributed by atoms with Gasteiger partial charge in [0.25, 0.3) is 0 Å². The number of aryl methyl sites for hydroxylation is 1. The van der Waals surface area contributed by atoms with Crippen LogP contribution in [-0.4, -0.2) is 6.36 Å². The van der Waals surface area contributed by atoms with E-state index >= 15 is 0 Å². The van der Waals surface area contributed by atoms with Gasteiger partial charge in [-0.15, -0.1) is 19.8 Å². The first-order valence-corrected chi connectivity index (χ1v) is 7.25. The van der Waals surface area contributed by atoms with Crippen molar-refractivity contribution in [1.29, 1.82) is 0 Å². The van der Waals surface area contributed by atoms with Crippen molar-refractivity contribution in [1.82, 2.24) is 0 Å². The predicted octanol–water partition coefficient (Wildman–Crippen LogP) is 5.38. The number of allylic oxidation sites excluding steroid dienone is 1. The van der Waals surface area contributed by atoms with Gasteiger partial charge in [-0.2, -0.15) is 0 Å². The SMILES string of the molecule is C=CCCc1cc(F)c(C#Cc2ccc(OC(F)(F)F)cc2)c(F)c1. The summed E-state index contributed by atoms with van der Waals surface area (Å²) in [5.74, 6) is 2.90. The highest BCUT2D eigenvalue weighted by atomic mass is 19.4. The van der Waals surface area contributed by atoms with Gasteiger partial charge in [0.1, 0.15) is 17.4 Å². The molecule has 0 aliphatic rings. The summed E-state index contributed by atoms with van der Waals surface area (Å²) in [6.45, 7) is 3.55. The third kappa shape index (κ3) is 5.64. The van der Waals surface area contributed by atoms with Gasteiger partial charge in [0, 0.05) is 5.56 Å². The molecule has 0 saturated carbocycles. The molecule has 25 heavy (non-hydrogen) atoms. The summed E-state index contributed by atoms with van der Waals surface area (Å²) in [4.78, 5) is 0. The molecule has 0 unspecified atom stereocenters. The molecular formula is C19H13F5O. The molecular weight excluding hydrogens is 339 g/mol. The number of alkyl halides is 3. The summed E-state index contributed by atoms with van der Waals surface area (Å²) in [5, 5.41) is 0. The number of benzene rings is 2. The molecule has 0 amide bonds. The van der Waals surface area contributed by atoms with E-state index in [1.54, 1.807) is 6.08 Å². The van der Waals surface area contributed by atoms with Gasteiger partial charge in [0.15, 0.2) is 0 Å². The Morgan fingerprint density at radius 1 is 1.00 bits per heavy atom. The van der Waals surface area contributed by atoms with Crippen LogP contribution in [0.4, 0.5) is 22.0 Å². The average molecular weight is 352 g/mol. The van der Waals surface area contributed by atoms with Gasteiger partial charge in [0.05, 0.1) is 5.56 Å². The van der Waals surface area contributed by atoms with E-state index in [4.69, 9.17) is 0 Å². The first-order chi connectivity index (χ1) is 11.8. The Morgan fingerprint density at radius 3 is 2.12 bits per heavy atom. The lowest BCUT2D eigenvalue weighted by molar-refractivity contribution is -0.274. The van der Waals surface area contributed by atoms with Gasteiger partial charge in [-0.3, -0.25) is 0 Å². The zero-order valence-electron chi connectivity index (χ0n) is 13.0. The molecule has 0 N–H and O–H groups in total. The number of halogens is 5. The van der Waals surface area contributed by atoms with Crippen molar-refractivity contribution < 1.29 is 26.7 Å². The third-order valence-corrected chi connectivity index (χ3v) is 3.16. The molecule has 0 bridgehead atoms. The number of hydrogen-bond acceptors (Lipinski definition) is 1. The van der Waals surface area contributed by atoms with Crippen LogP contribution in [0.5, 0.6) is 5.75 Å². The smallest absolute Gasteiger partial charge is 0.406 e. The highest BCUT2D eigenvalue weighted by Gasteiger charge is 2.30. The minimum atomic E-state index is -4.78. The minimum absolute atomic E-state index is 0.295. The van der Waals surface area contributed by atoms with E-state index in [-0.39, 0.29) is 0 Å². The van der Waals surface area contributed by atoms with Crippen LogP contribution in [0.3, 0.4) is 0 Å². The van der Waals surface area contributed by atoms with E-state index in [1.165, 1.54) is 24.3 Å². The maximum atomic E-state index is 14.0. The lowest BCUT2D eigenvalue weighted by atomic mass is 10.1. The Kier molecular flexibility index (Phi) is 5.81. The molecule has 2 aromatic rings. The Hall–Kier alpha value is -2.81. The Labute approximate surface area is 141 Å². The van der Waals surface area contributed by atoms with Gasteiger partial charge in [0.2, 0.25) is 0 Å². The minimum Gasteiger partial charge on any atom is -0.406 e. The van der Waals surface area contributed by atoms with Gasteiger partial charge < -0.3 is 4.74 Å². The second kappa shape index (κ2) is 7.84. The maximum Gasteiger partial charge on any atom is 0.573 e. The van der Waals surface area contributed by atoms with Crippen molar-refractivity contribution in [2.45, 2.75) is 19.2 Å². The van der Waals surface area contributed by atoms with Crippen molar-refractivity contribution in [2.75, 3.05) is 0 Å². The molecule has 0 spiro atoms. The first kappa shape index (κ1) is 18.5. The summed E-state index contributed by atoms with van der Waals surface area (Å²) in [7, 11) is 0. The molecule has 0 fully saturated rings. The first-order valence-electron chi connectivity index (χ1n) is 7.25. The molecule has 0 heterocycles. The molecule has 0 saturated heterocycles. The summed E-state index contributed by atoms with van der Waals surface area (Å²) in [6.07, 6.45) is -2.08. The highest BCUT2D eigenvalue weighted by molar-refractivity contribution is 5.46. The van der Waals surface area contributed by atoms with Crippen molar-refractivity contribution in [2.24, 2.45) is 0 Å². The zero-order chi connectivity index (χ0) is 18.4. The summed E-state index contributed by atoms with van der Waals surface area (Å²) in [5.41, 5.74) is 0.399. The van der Waals surface area contributed by atoms with Crippen molar-refractivity contribution in [3.05, 3.63) is 77.4 Å². The van der Waals surface area contributed by atoms with Crippen LogP contribution in [0.15, 0.2) is 49.1 Å². The molecule has 0 aliphatic carbocycles. The Bertz CT molecular complexity index is 787. The van der Waals surface area contributed by atoms with Crippen molar-refractivity contribution in [3.8, 4) is 17.6 Å². The van der Waals surface area contributed by atoms with Gasteiger partial charge in [-0.05, 0) is 54.8 Å². The largest absolute Gasteiger partial charge is 0.573 e. The topological polar surface area (TPSA) is 9.23 Å². The van der Waals surface area contributed by atoms with Crippen molar-refractivity contribution >= 4 is 0 Å². The summed E-state index contributed by atoms with van der Waals surface area (Å²) >= 11 is 0. The van der Waals surface area contributed by atoms with E-state index in [0.717, 1.165) is 12.1 Å². The number of hydrogen-bond donors (Lipinski definition) is 0. The van der Waals surface area contributed by atoms with Crippen LogP contribution in [0.25, 0.3) is 0 Å². The molecule has 2 aromatic carbocycles. The van der Waals surface area contributed by atoms with Crippen LogP contribution >= 0.6 is 0 Å². The second-order valence-corrected chi connectivity index (χ2v) is 5.08. The normalized spacial score (nSPS) is 10.8. The van der Waals surface area contributed by atoms with Crippen LogP contribution in [-0.2, 0) is 6.42 Å². The maximum absolute atomic E-state index is 14.0. The molecule has 130 valence electrons. The predicted molar refractivity (Wildman–Crippen MR) is 84.0 cm³/mol. The lowest BCUT2D eigenvalue weighted by Gasteiger charge is -2.08. The van der Waals surface area contributed by atoms with Crippen LogP contribution in [0.2, 0.25) is 0 Å². The second-order valence-electron chi connectivity index (χ2n) is 5.08. The quantitative estimate of drug-likeness (QED) is 0.408. The van der Waals surface area contributed by atoms with Crippen molar-refractivity contribution in [3.63, 3.8) is 0 Å². The fourth-order valence-electron chi connectivity index (χ4n) is 2.03. The molecule has 0 aliphatic heterocycles. The van der Waals surface area contributed by atoms with Crippen LogP contribution in [0.1, 0.15) is 23.1 Å². The van der Waals surface area contributed by atoms with E-state index in [9.17, 15) is 22.0 Å². The molecule has 1 nitrogen and oxygen atoms in total. The number of rotatable bonds is 4. The fourth-order valence-corrected chi connectivity index (χ4v) is 2.03. The van der Waals surface area contributed by atoms with Gasteiger partial charge >= 0.3 is 6.36 Å². The summed E-state index contributed by atoms with van der Waals surface area (Å²) < 4.78 is 67.9. The average Bonchev–Trinajstić information content (AvgIpc) is 2.52. The van der Waals surface area contributed by atoms with Crippen LogP contribution in [0, 0.1) is 23.5 Å². The van der Waals surface area contributed by atoms with E-state index in [2.05, 4.69) is 23.2 Å². The zero-order valence-corrected chi connectivity index (χ0v) is 13.0.